The van der Waals surface area contributed by atoms with Crippen molar-refractivity contribution in [2.75, 3.05) is 11.5 Å². The summed E-state index contributed by atoms with van der Waals surface area (Å²) in [5.41, 5.74) is 15.3. The maximum absolute atomic E-state index is 13.0. The second-order valence-corrected chi connectivity index (χ2v) is 7.37. The maximum atomic E-state index is 13.0. The van der Waals surface area contributed by atoms with E-state index in [9.17, 15) is 9.59 Å². The summed E-state index contributed by atoms with van der Waals surface area (Å²) in [6, 6.07) is 16.4. The Morgan fingerprint density at radius 3 is 2.12 bits per heavy atom. The number of benzene rings is 3. The van der Waals surface area contributed by atoms with Crippen LogP contribution in [0.2, 0.25) is 0 Å². The Bertz CT molecular complexity index is 1090. The maximum Gasteiger partial charge on any atom is 0.196 e. The van der Waals surface area contributed by atoms with Crippen molar-refractivity contribution in [3.8, 4) is 0 Å². The van der Waals surface area contributed by atoms with Gasteiger partial charge in [-0.05, 0) is 25.1 Å². The van der Waals surface area contributed by atoms with Gasteiger partial charge in [-0.1, -0.05) is 53.7 Å². The molecule has 4 nitrogen and oxygen atoms in total. The summed E-state index contributed by atoms with van der Waals surface area (Å²) in [6.07, 6.45) is 0. The van der Waals surface area contributed by atoms with E-state index in [2.05, 4.69) is 0 Å². The molecule has 5 heteroatoms. The van der Waals surface area contributed by atoms with E-state index in [1.165, 1.54) is 11.8 Å². The van der Waals surface area contributed by atoms with Crippen LogP contribution in [0.1, 0.15) is 37.4 Å². The lowest BCUT2D eigenvalue weighted by Crippen LogP contribution is -2.24. The van der Waals surface area contributed by atoms with Crippen molar-refractivity contribution in [3.63, 3.8) is 0 Å². The molecule has 0 saturated heterocycles. The average molecular weight is 360 g/mol. The van der Waals surface area contributed by atoms with E-state index < -0.39 is 0 Å². The van der Waals surface area contributed by atoms with Crippen molar-refractivity contribution < 1.29 is 9.59 Å². The first-order chi connectivity index (χ1) is 12.5. The van der Waals surface area contributed by atoms with Gasteiger partial charge in [0.2, 0.25) is 0 Å². The van der Waals surface area contributed by atoms with E-state index in [-0.39, 0.29) is 28.4 Å². The molecule has 0 heterocycles. The molecule has 0 spiro atoms. The number of hydrogen-bond acceptors (Lipinski definition) is 5. The quantitative estimate of drug-likeness (QED) is 0.526. The van der Waals surface area contributed by atoms with Crippen LogP contribution in [0.3, 0.4) is 0 Å². The number of rotatable bonds is 2. The van der Waals surface area contributed by atoms with E-state index in [1.54, 1.807) is 30.3 Å². The zero-order valence-electron chi connectivity index (χ0n) is 14.1. The first-order valence-corrected chi connectivity index (χ1v) is 8.94. The van der Waals surface area contributed by atoms with Crippen LogP contribution in [0, 0.1) is 6.92 Å². The summed E-state index contributed by atoms with van der Waals surface area (Å²) in [7, 11) is 0. The van der Waals surface area contributed by atoms with Crippen molar-refractivity contribution in [2.45, 2.75) is 16.7 Å². The fourth-order valence-electron chi connectivity index (χ4n) is 3.21. The van der Waals surface area contributed by atoms with Crippen LogP contribution in [0.25, 0.3) is 0 Å². The van der Waals surface area contributed by atoms with Crippen LogP contribution in [0.15, 0.2) is 64.4 Å². The minimum atomic E-state index is -0.258. The highest BCUT2D eigenvalue weighted by atomic mass is 32.2. The average Bonchev–Trinajstić information content (AvgIpc) is 2.62. The molecular weight excluding hydrogens is 344 g/mol. The topological polar surface area (TPSA) is 86.2 Å². The number of nitrogen functional groups attached to an aromatic ring is 2. The molecule has 0 atom stereocenters. The van der Waals surface area contributed by atoms with Gasteiger partial charge in [0.05, 0.1) is 16.8 Å². The third kappa shape index (κ3) is 2.48. The largest absolute Gasteiger partial charge is 0.398 e. The van der Waals surface area contributed by atoms with Crippen LogP contribution in [-0.2, 0) is 0 Å². The lowest BCUT2D eigenvalue weighted by Gasteiger charge is -2.22. The zero-order valence-corrected chi connectivity index (χ0v) is 14.9. The van der Waals surface area contributed by atoms with E-state index in [0.717, 1.165) is 10.5 Å². The lowest BCUT2D eigenvalue weighted by atomic mass is 9.82. The second-order valence-electron chi connectivity index (χ2n) is 6.25. The van der Waals surface area contributed by atoms with Gasteiger partial charge in [-0.2, -0.15) is 0 Å². The summed E-state index contributed by atoms with van der Waals surface area (Å²) in [5, 5.41) is 0. The predicted molar refractivity (Wildman–Crippen MR) is 104 cm³/mol. The highest BCUT2D eigenvalue weighted by Crippen LogP contribution is 2.41. The smallest absolute Gasteiger partial charge is 0.196 e. The standard InChI is InChI=1S/C21H16N2O2S/c1-11-5-4-6-12(9-11)26-16-10-15(22)17-18(19(16)23)21(25)14-8-3-2-7-13(14)20(17)24/h2-10H,22-23H2,1H3. The van der Waals surface area contributed by atoms with Gasteiger partial charge in [0.15, 0.2) is 11.6 Å². The van der Waals surface area contributed by atoms with Crippen molar-refractivity contribution in [3.05, 3.63) is 82.4 Å². The van der Waals surface area contributed by atoms with Crippen molar-refractivity contribution in [2.24, 2.45) is 0 Å². The molecule has 1 aliphatic carbocycles. The molecule has 0 unspecified atom stereocenters. The van der Waals surface area contributed by atoms with Gasteiger partial charge in [0, 0.05) is 26.6 Å². The number of fused-ring (bicyclic) bond motifs is 2. The third-order valence-electron chi connectivity index (χ3n) is 4.45. The third-order valence-corrected chi connectivity index (χ3v) is 5.50. The summed E-state index contributed by atoms with van der Waals surface area (Å²) >= 11 is 1.43. The molecule has 1 aliphatic rings. The molecule has 0 amide bonds. The van der Waals surface area contributed by atoms with E-state index in [0.29, 0.717) is 21.7 Å². The Kier molecular flexibility index (Phi) is 3.81. The fraction of sp³-hybridized carbons (Fsp3) is 0.0476. The number of carbonyl (C=O) groups excluding carboxylic acids is 2. The Morgan fingerprint density at radius 1 is 0.808 bits per heavy atom. The van der Waals surface area contributed by atoms with Gasteiger partial charge in [-0.3, -0.25) is 9.59 Å². The Balaban J connectivity index is 1.88. The second kappa shape index (κ2) is 6.04. The number of anilines is 2. The molecule has 26 heavy (non-hydrogen) atoms. The molecule has 0 aromatic heterocycles. The highest BCUT2D eigenvalue weighted by Gasteiger charge is 2.34. The minimum Gasteiger partial charge on any atom is -0.398 e. The highest BCUT2D eigenvalue weighted by molar-refractivity contribution is 7.99. The molecule has 4 rings (SSSR count). The van der Waals surface area contributed by atoms with Crippen molar-refractivity contribution in [1.29, 1.82) is 0 Å². The monoisotopic (exact) mass is 360 g/mol. The van der Waals surface area contributed by atoms with Gasteiger partial charge >= 0.3 is 0 Å². The molecular formula is C21H16N2O2S. The van der Waals surface area contributed by atoms with Gasteiger partial charge in [0.25, 0.3) is 0 Å². The number of hydrogen-bond donors (Lipinski definition) is 2. The van der Waals surface area contributed by atoms with Gasteiger partial charge < -0.3 is 11.5 Å². The number of nitrogens with two attached hydrogens (primary N) is 2. The van der Waals surface area contributed by atoms with Crippen LogP contribution in [0.5, 0.6) is 0 Å². The van der Waals surface area contributed by atoms with Gasteiger partial charge in [0.1, 0.15) is 0 Å². The van der Waals surface area contributed by atoms with E-state index in [1.807, 2.05) is 31.2 Å². The first kappa shape index (κ1) is 16.4. The lowest BCUT2D eigenvalue weighted by molar-refractivity contribution is 0.0980. The molecule has 0 radical (unpaired) electrons. The van der Waals surface area contributed by atoms with Crippen LogP contribution >= 0.6 is 11.8 Å². The van der Waals surface area contributed by atoms with Crippen molar-refractivity contribution >= 4 is 34.7 Å². The van der Waals surface area contributed by atoms with Gasteiger partial charge in [-0.25, -0.2) is 0 Å². The van der Waals surface area contributed by atoms with Crippen LogP contribution in [-0.4, -0.2) is 11.6 Å². The van der Waals surface area contributed by atoms with E-state index >= 15 is 0 Å². The number of aryl methyl sites for hydroxylation is 1. The molecule has 4 N–H and O–H groups in total. The molecule has 0 saturated carbocycles. The molecule has 128 valence electrons. The normalized spacial score (nSPS) is 12.7. The summed E-state index contributed by atoms with van der Waals surface area (Å²) in [6.45, 7) is 2.01. The fourth-order valence-corrected chi connectivity index (χ4v) is 4.26. The Labute approximate surface area is 155 Å². The Morgan fingerprint density at radius 2 is 1.46 bits per heavy atom. The number of carbonyl (C=O) groups is 2. The van der Waals surface area contributed by atoms with Crippen LogP contribution in [0.4, 0.5) is 11.4 Å². The molecule has 0 aliphatic heterocycles. The van der Waals surface area contributed by atoms with E-state index in [4.69, 9.17) is 11.5 Å². The number of ketones is 2. The molecule has 3 aromatic rings. The molecule has 3 aromatic carbocycles. The minimum absolute atomic E-state index is 0.208. The predicted octanol–water partition coefficient (Wildman–Crippen LogP) is 4.09. The first-order valence-electron chi connectivity index (χ1n) is 8.12. The molecule has 0 fully saturated rings. The Hall–Kier alpha value is -3.05. The zero-order chi connectivity index (χ0) is 18.4. The molecule has 0 bridgehead atoms. The summed E-state index contributed by atoms with van der Waals surface area (Å²) in [5.74, 6) is -0.516. The van der Waals surface area contributed by atoms with Crippen molar-refractivity contribution in [1.82, 2.24) is 0 Å². The van der Waals surface area contributed by atoms with Crippen LogP contribution < -0.4 is 11.5 Å². The SMILES string of the molecule is Cc1cccc(Sc2cc(N)c3c(c2N)C(=O)c2ccccc2C3=O)c1. The summed E-state index contributed by atoms with van der Waals surface area (Å²) < 4.78 is 0. The van der Waals surface area contributed by atoms with Gasteiger partial charge in [-0.15, -0.1) is 0 Å². The summed E-state index contributed by atoms with van der Waals surface area (Å²) in [4.78, 5) is 27.5.